The number of carbonyl (C=O) groups is 1. The van der Waals surface area contributed by atoms with Crippen molar-refractivity contribution in [1.29, 1.82) is 0 Å². The van der Waals surface area contributed by atoms with Crippen molar-refractivity contribution in [3.8, 4) is 0 Å². The van der Waals surface area contributed by atoms with Crippen molar-refractivity contribution in [1.82, 2.24) is 0 Å². The zero-order valence-electron chi connectivity index (χ0n) is 10.2. The molecule has 1 aliphatic rings. The lowest BCUT2D eigenvalue weighted by molar-refractivity contribution is 0.0941. The third kappa shape index (κ3) is 1.95. The molecule has 19 heavy (non-hydrogen) atoms. The summed E-state index contributed by atoms with van der Waals surface area (Å²) in [6, 6.07) is 12.3. The van der Waals surface area contributed by atoms with Gasteiger partial charge in [-0.1, -0.05) is 30.3 Å². The van der Waals surface area contributed by atoms with E-state index in [0.717, 1.165) is 23.8 Å². The van der Waals surface area contributed by atoms with Crippen LogP contribution >= 0.6 is 0 Å². The maximum absolute atomic E-state index is 13.7. The summed E-state index contributed by atoms with van der Waals surface area (Å²) in [5.74, 6) is -1.57. The van der Waals surface area contributed by atoms with Gasteiger partial charge in [-0.05, 0) is 36.6 Å². The molecule has 0 unspecified atom stereocenters. The quantitative estimate of drug-likeness (QED) is 0.763. The Morgan fingerprint density at radius 2 is 1.68 bits per heavy atom. The van der Waals surface area contributed by atoms with Gasteiger partial charge in [0.25, 0.3) is 0 Å². The van der Waals surface area contributed by atoms with Gasteiger partial charge in [0.05, 0.1) is 11.0 Å². The Morgan fingerprint density at radius 1 is 1.00 bits per heavy atom. The highest BCUT2D eigenvalue weighted by atomic mass is 19.1. The van der Waals surface area contributed by atoms with Gasteiger partial charge in [0.15, 0.2) is 5.78 Å². The highest BCUT2D eigenvalue weighted by Gasteiger charge is 2.51. The van der Waals surface area contributed by atoms with Gasteiger partial charge in [-0.15, -0.1) is 0 Å². The van der Waals surface area contributed by atoms with Crippen molar-refractivity contribution in [2.24, 2.45) is 0 Å². The topological polar surface area (TPSA) is 17.1 Å². The van der Waals surface area contributed by atoms with Crippen molar-refractivity contribution < 1.29 is 13.6 Å². The molecule has 1 aliphatic carbocycles. The van der Waals surface area contributed by atoms with Crippen molar-refractivity contribution in [2.75, 3.05) is 0 Å². The number of carbonyl (C=O) groups excluding carboxylic acids is 1. The molecule has 0 N–H and O–H groups in total. The largest absolute Gasteiger partial charge is 0.293 e. The van der Waals surface area contributed by atoms with Crippen LogP contribution in [0.1, 0.15) is 28.8 Å². The number of hydrogen-bond acceptors (Lipinski definition) is 1. The van der Waals surface area contributed by atoms with Crippen LogP contribution in [0.15, 0.2) is 48.5 Å². The molecule has 3 rings (SSSR count). The molecule has 1 fully saturated rings. The molecule has 0 aliphatic heterocycles. The Bertz CT molecular complexity index is 630. The first-order valence-electron chi connectivity index (χ1n) is 6.19. The summed E-state index contributed by atoms with van der Waals surface area (Å²) in [5.41, 5.74) is 0.0700. The predicted molar refractivity (Wildman–Crippen MR) is 68.0 cm³/mol. The van der Waals surface area contributed by atoms with Gasteiger partial charge in [0, 0.05) is 0 Å². The van der Waals surface area contributed by atoms with Crippen LogP contribution in [0.25, 0.3) is 0 Å². The fourth-order valence-electron chi connectivity index (χ4n) is 2.46. The van der Waals surface area contributed by atoms with Crippen molar-refractivity contribution in [3.63, 3.8) is 0 Å². The maximum Gasteiger partial charge on any atom is 0.176 e. The van der Waals surface area contributed by atoms with Crippen LogP contribution in [0.3, 0.4) is 0 Å². The zero-order valence-corrected chi connectivity index (χ0v) is 10.2. The Hall–Kier alpha value is -2.03. The van der Waals surface area contributed by atoms with Crippen molar-refractivity contribution >= 4 is 5.78 Å². The van der Waals surface area contributed by atoms with E-state index in [9.17, 15) is 13.6 Å². The number of halogens is 2. The Kier molecular flexibility index (Phi) is 2.70. The van der Waals surface area contributed by atoms with E-state index < -0.39 is 17.0 Å². The Balaban J connectivity index is 2.03. The Labute approximate surface area is 109 Å². The third-order valence-corrected chi connectivity index (χ3v) is 3.68. The Morgan fingerprint density at radius 3 is 2.32 bits per heavy atom. The molecule has 0 saturated heterocycles. The van der Waals surface area contributed by atoms with E-state index in [4.69, 9.17) is 0 Å². The number of hydrogen-bond donors (Lipinski definition) is 0. The second-order valence-corrected chi connectivity index (χ2v) is 4.90. The summed E-state index contributed by atoms with van der Waals surface area (Å²) in [4.78, 5) is 12.5. The molecular formula is C16H12F2O. The summed E-state index contributed by atoms with van der Waals surface area (Å²) < 4.78 is 26.9. The van der Waals surface area contributed by atoms with E-state index >= 15 is 0 Å². The van der Waals surface area contributed by atoms with Gasteiger partial charge in [-0.25, -0.2) is 8.78 Å². The molecule has 0 bridgehead atoms. The molecule has 0 heterocycles. The minimum atomic E-state index is -0.659. The lowest BCUT2D eigenvalue weighted by Crippen LogP contribution is -2.21. The molecule has 3 heteroatoms. The lowest BCUT2D eigenvalue weighted by Gasteiger charge is -2.15. The maximum atomic E-state index is 13.7. The van der Waals surface area contributed by atoms with E-state index in [1.54, 1.807) is 0 Å². The molecule has 0 amide bonds. The van der Waals surface area contributed by atoms with Gasteiger partial charge < -0.3 is 0 Å². The van der Waals surface area contributed by atoms with Gasteiger partial charge in [0.1, 0.15) is 11.6 Å². The second kappa shape index (κ2) is 4.26. The fourth-order valence-corrected chi connectivity index (χ4v) is 2.46. The standard InChI is InChI=1S/C16H12F2O/c17-12-6-7-14(18)13(10-12)15(19)16(8-9-16)11-4-2-1-3-5-11/h1-7,10H,8-9H2. The molecule has 1 saturated carbocycles. The molecule has 0 aromatic heterocycles. The molecule has 96 valence electrons. The van der Waals surface area contributed by atoms with E-state index in [2.05, 4.69) is 0 Å². The highest BCUT2D eigenvalue weighted by Crippen LogP contribution is 2.50. The van der Waals surface area contributed by atoms with E-state index in [0.29, 0.717) is 12.8 Å². The molecule has 0 radical (unpaired) electrons. The van der Waals surface area contributed by atoms with E-state index in [1.807, 2.05) is 30.3 Å². The number of Topliss-reactive ketones (excluding diaryl/α,β-unsaturated/α-hetero) is 1. The normalized spacial score (nSPS) is 16.1. The minimum absolute atomic E-state index is 0.152. The smallest absolute Gasteiger partial charge is 0.176 e. The lowest BCUT2D eigenvalue weighted by atomic mass is 9.87. The molecule has 0 spiro atoms. The van der Waals surface area contributed by atoms with Crippen LogP contribution in [0.5, 0.6) is 0 Å². The van der Waals surface area contributed by atoms with Crippen molar-refractivity contribution in [3.05, 3.63) is 71.3 Å². The first kappa shape index (κ1) is 12.0. The van der Waals surface area contributed by atoms with Crippen LogP contribution in [0.4, 0.5) is 8.78 Å². The fraction of sp³-hybridized carbons (Fsp3) is 0.188. The van der Waals surface area contributed by atoms with Gasteiger partial charge >= 0.3 is 0 Å². The molecule has 0 atom stereocenters. The van der Waals surface area contributed by atoms with Crippen LogP contribution in [-0.2, 0) is 5.41 Å². The summed E-state index contributed by atoms with van der Waals surface area (Å²) >= 11 is 0. The first-order valence-corrected chi connectivity index (χ1v) is 6.19. The summed E-state index contributed by atoms with van der Waals surface area (Å²) in [6.45, 7) is 0. The molecular weight excluding hydrogens is 246 g/mol. The number of rotatable bonds is 3. The first-order chi connectivity index (χ1) is 9.13. The van der Waals surface area contributed by atoms with Crippen molar-refractivity contribution in [2.45, 2.75) is 18.3 Å². The van der Waals surface area contributed by atoms with E-state index in [-0.39, 0.29) is 11.3 Å². The third-order valence-electron chi connectivity index (χ3n) is 3.68. The number of benzene rings is 2. The highest BCUT2D eigenvalue weighted by molar-refractivity contribution is 6.06. The van der Waals surface area contributed by atoms with Crippen LogP contribution < -0.4 is 0 Å². The monoisotopic (exact) mass is 258 g/mol. The summed E-state index contributed by atoms with van der Waals surface area (Å²) in [6.07, 6.45) is 1.37. The zero-order chi connectivity index (χ0) is 13.5. The predicted octanol–water partition coefficient (Wildman–Crippen LogP) is 3.88. The SMILES string of the molecule is O=C(c1cc(F)ccc1F)C1(c2ccccc2)CC1. The van der Waals surface area contributed by atoms with Gasteiger partial charge in [-0.3, -0.25) is 4.79 Å². The molecule has 1 nitrogen and oxygen atoms in total. The van der Waals surface area contributed by atoms with Gasteiger partial charge in [0.2, 0.25) is 0 Å². The van der Waals surface area contributed by atoms with E-state index in [1.165, 1.54) is 0 Å². The second-order valence-electron chi connectivity index (χ2n) is 4.90. The van der Waals surface area contributed by atoms with Crippen LogP contribution in [-0.4, -0.2) is 5.78 Å². The van der Waals surface area contributed by atoms with Crippen LogP contribution in [0, 0.1) is 11.6 Å². The molecule has 2 aromatic carbocycles. The van der Waals surface area contributed by atoms with Crippen LogP contribution in [0.2, 0.25) is 0 Å². The summed E-state index contributed by atoms with van der Waals surface area (Å²) in [5, 5.41) is 0. The average Bonchev–Trinajstić information content (AvgIpc) is 3.23. The minimum Gasteiger partial charge on any atom is -0.293 e. The van der Waals surface area contributed by atoms with Gasteiger partial charge in [-0.2, -0.15) is 0 Å². The molecule has 2 aromatic rings. The number of ketones is 1. The average molecular weight is 258 g/mol. The summed E-state index contributed by atoms with van der Waals surface area (Å²) in [7, 11) is 0.